The third kappa shape index (κ3) is 2.97. The zero-order valence-electron chi connectivity index (χ0n) is 8.88. The summed E-state index contributed by atoms with van der Waals surface area (Å²) >= 11 is 0. The van der Waals surface area contributed by atoms with Crippen molar-refractivity contribution in [2.45, 2.75) is 0 Å². The number of ketones is 1. The first-order valence-electron chi connectivity index (χ1n) is 4.51. The van der Waals surface area contributed by atoms with Gasteiger partial charge in [-0.05, 0) is 18.2 Å². The number of aliphatic hydroxyl groups is 1. The van der Waals surface area contributed by atoms with Crippen molar-refractivity contribution in [1.29, 1.82) is 0 Å². The van der Waals surface area contributed by atoms with Gasteiger partial charge in [-0.3, -0.25) is 4.79 Å². The van der Waals surface area contributed by atoms with E-state index in [0.29, 0.717) is 6.08 Å². The van der Waals surface area contributed by atoms with E-state index in [4.69, 9.17) is 5.11 Å². The van der Waals surface area contributed by atoms with Gasteiger partial charge >= 0.3 is 5.97 Å². The Labute approximate surface area is 96.4 Å². The van der Waals surface area contributed by atoms with E-state index in [1.807, 2.05) is 0 Å². The first kappa shape index (κ1) is 12.6. The SMILES string of the molecule is COC(=O)C(=O)C=C(O)c1ccc(O)c(O)c1. The summed E-state index contributed by atoms with van der Waals surface area (Å²) in [5.74, 6) is -3.47. The topological polar surface area (TPSA) is 104 Å². The highest BCUT2D eigenvalue weighted by molar-refractivity contribution is 6.39. The molecule has 0 fully saturated rings. The monoisotopic (exact) mass is 238 g/mol. The summed E-state index contributed by atoms with van der Waals surface area (Å²) < 4.78 is 4.16. The van der Waals surface area contributed by atoms with Crippen molar-refractivity contribution in [3.05, 3.63) is 29.8 Å². The molecule has 0 radical (unpaired) electrons. The standard InChI is InChI=1S/C11H10O6/c1-17-11(16)10(15)5-8(13)6-2-3-7(12)9(14)4-6/h2-5,12-14H,1H3. The number of esters is 1. The molecule has 6 nitrogen and oxygen atoms in total. The molecule has 0 aliphatic heterocycles. The summed E-state index contributed by atoms with van der Waals surface area (Å²) in [6, 6.07) is 3.45. The fourth-order valence-electron chi connectivity index (χ4n) is 1.05. The van der Waals surface area contributed by atoms with Crippen LogP contribution >= 0.6 is 0 Å². The summed E-state index contributed by atoms with van der Waals surface area (Å²) in [7, 11) is 1.04. The van der Waals surface area contributed by atoms with Crippen LogP contribution in [-0.2, 0) is 14.3 Å². The Morgan fingerprint density at radius 2 is 1.88 bits per heavy atom. The molecule has 0 heterocycles. The van der Waals surface area contributed by atoms with Gasteiger partial charge in [0.2, 0.25) is 0 Å². The lowest BCUT2D eigenvalue weighted by Crippen LogP contribution is -2.13. The minimum atomic E-state index is -1.11. The number of phenols is 2. The predicted octanol–water partition coefficient (Wildman–Crippen LogP) is 0.739. The van der Waals surface area contributed by atoms with Crippen LogP contribution in [-0.4, -0.2) is 34.2 Å². The molecule has 0 saturated carbocycles. The van der Waals surface area contributed by atoms with Gasteiger partial charge in [0.15, 0.2) is 11.5 Å². The van der Waals surface area contributed by atoms with Crippen molar-refractivity contribution in [2.75, 3.05) is 7.11 Å². The van der Waals surface area contributed by atoms with Crippen molar-refractivity contribution in [3.63, 3.8) is 0 Å². The van der Waals surface area contributed by atoms with Gasteiger partial charge in [0.05, 0.1) is 7.11 Å². The van der Waals surface area contributed by atoms with Gasteiger partial charge in [-0.2, -0.15) is 0 Å². The summed E-state index contributed by atoms with van der Waals surface area (Å²) in [4.78, 5) is 21.9. The molecule has 0 atom stereocenters. The second kappa shape index (κ2) is 5.02. The van der Waals surface area contributed by atoms with Crippen LogP contribution in [0.15, 0.2) is 24.3 Å². The smallest absolute Gasteiger partial charge is 0.378 e. The third-order valence-electron chi connectivity index (χ3n) is 1.93. The highest BCUT2D eigenvalue weighted by atomic mass is 16.5. The molecule has 0 amide bonds. The van der Waals surface area contributed by atoms with Crippen molar-refractivity contribution in [3.8, 4) is 11.5 Å². The molecule has 0 aliphatic rings. The first-order chi connectivity index (χ1) is 7.95. The molecule has 1 aromatic rings. The maximum atomic E-state index is 11.1. The fourth-order valence-corrected chi connectivity index (χ4v) is 1.05. The van der Waals surface area contributed by atoms with Gasteiger partial charge in [0.25, 0.3) is 5.78 Å². The van der Waals surface area contributed by atoms with E-state index in [1.165, 1.54) is 6.07 Å². The maximum Gasteiger partial charge on any atom is 0.378 e. The zero-order valence-corrected chi connectivity index (χ0v) is 8.88. The van der Waals surface area contributed by atoms with E-state index in [2.05, 4.69) is 4.74 Å². The van der Waals surface area contributed by atoms with Crippen molar-refractivity contribution >= 4 is 17.5 Å². The Morgan fingerprint density at radius 1 is 1.24 bits per heavy atom. The fraction of sp³-hybridized carbons (Fsp3) is 0.0909. The number of benzene rings is 1. The van der Waals surface area contributed by atoms with E-state index in [0.717, 1.165) is 19.2 Å². The van der Waals surface area contributed by atoms with E-state index >= 15 is 0 Å². The number of ether oxygens (including phenoxy) is 1. The van der Waals surface area contributed by atoms with Gasteiger partial charge in [-0.1, -0.05) is 0 Å². The average molecular weight is 238 g/mol. The predicted molar refractivity (Wildman–Crippen MR) is 57.4 cm³/mol. The molecule has 17 heavy (non-hydrogen) atoms. The molecule has 6 heteroatoms. The number of phenolic OH excluding ortho intramolecular Hbond substituents is 2. The van der Waals surface area contributed by atoms with Crippen LogP contribution in [0.4, 0.5) is 0 Å². The van der Waals surface area contributed by atoms with Crippen LogP contribution in [0.1, 0.15) is 5.56 Å². The van der Waals surface area contributed by atoms with Crippen LogP contribution in [0.25, 0.3) is 5.76 Å². The summed E-state index contributed by atoms with van der Waals surface area (Å²) in [6.45, 7) is 0. The highest BCUT2D eigenvalue weighted by Gasteiger charge is 2.13. The number of rotatable bonds is 3. The molecule has 0 aliphatic carbocycles. The molecule has 90 valence electrons. The zero-order chi connectivity index (χ0) is 13.0. The van der Waals surface area contributed by atoms with Crippen molar-refractivity contribution in [1.82, 2.24) is 0 Å². The van der Waals surface area contributed by atoms with Crippen LogP contribution in [0, 0.1) is 0 Å². The Kier molecular flexibility index (Phi) is 3.71. The van der Waals surface area contributed by atoms with Crippen LogP contribution < -0.4 is 0 Å². The normalized spacial score (nSPS) is 11.0. The number of carbonyl (C=O) groups excluding carboxylic acids is 2. The minimum Gasteiger partial charge on any atom is -0.507 e. The van der Waals surface area contributed by atoms with Crippen LogP contribution in [0.2, 0.25) is 0 Å². The molecule has 1 aromatic carbocycles. The Bertz CT molecular complexity index is 489. The number of hydrogen-bond acceptors (Lipinski definition) is 6. The molecule has 1 rings (SSSR count). The lowest BCUT2D eigenvalue weighted by Gasteiger charge is -2.02. The molecule has 3 N–H and O–H groups in total. The Morgan fingerprint density at radius 3 is 2.41 bits per heavy atom. The second-order valence-electron chi connectivity index (χ2n) is 3.09. The van der Waals surface area contributed by atoms with E-state index in [9.17, 15) is 19.8 Å². The molecule has 0 bridgehead atoms. The third-order valence-corrected chi connectivity index (χ3v) is 1.93. The molecule has 0 unspecified atom stereocenters. The largest absolute Gasteiger partial charge is 0.507 e. The van der Waals surface area contributed by atoms with Crippen molar-refractivity contribution in [2.24, 2.45) is 0 Å². The number of aromatic hydroxyl groups is 2. The first-order valence-corrected chi connectivity index (χ1v) is 4.51. The van der Waals surface area contributed by atoms with E-state index in [1.54, 1.807) is 0 Å². The number of methoxy groups -OCH3 is 1. The van der Waals surface area contributed by atoms with Gasteiger partial charge in [-0.25, -0.2) is 4.79 Å². The second-order valence-corrected chi connectivity index (χ2v) is 3.09. The van der Waals surface area contributed by atoms with E-state index in [-0.39, 0.29) is 11.3 Å². The maximum absolute atomic E-state index is 11.1. The van der Waals surface area contributed by atoms with Crippen LogP contribution in [0.3, 0.4) is 0 Å². The molecule has 0 saturated heterocycles. The average Bonchev–Trinajstić information content (AvgIpc) is 2.31. The lowest BCUT2D eigenvalue weighted by molar-refractivity contribution is -0.149. The summed E-state index contributed by atoms with van der Waals surface area (Å²) in [5, 5.41) is 27.7. The molecule has 0 aromatic heterocycles. The quantitative estimate of drug-likeness (QED) is 0.236. The van der Waals surface area contributed by atoms with E-state index < -0.39 is 23.3 Å². The Balaban J connectivity index is 3.00. The van der Waals surface area contributed by atoms with Gasteiger partial charge in [0, 0.05) is 11.6 Å². The van der Waals surface area contributed by atoms with Gasteiger partial charge in [-0.15, -0.1) is 0 Å². The molecular weight excluding hydrogens is 228 g/mol. The molecular formula is C11H10O6. The van der Waals surface area contributed by atoms with Gasteiger partial charge < -0.3 is 20.1 Å². The Hall–Kier alpha value is -2.50. The van der Waals surface area contributed by atoms with Gasteiger partial charge in [0.1, 0.15) is 5.76 Å². The highest BCUT2D eigenvalue weighted by Crippen LogP contribution is 2.27. The number of hydrogen-bond donors (Lipinski definition) is 3. The summed E-state index contributed by atoms with van der Waals surface area (Å²) in [6.07, 6.45) is 0.664. The summed E-state index contributed by atoms with van der Waals surface area (Å²) in [5.41, 5.74) is 0.0811. The minimum absolute atomic E-state index is 0.0811. The van der Waals surface area contributed by atoms with Crippen molar-refractivity contribution < 1.29 is 29.6 Å². The molecule has 0 spiro atoms. The number of carbonyl (C=O) groups is 2. The number of aliphatic hydroxyl groups excluding tert-OH is 1. The lowest BCUT2D eigenvalue weighted by atomic mass is 10.1. The van der Waals surface area contributed by atoms with Crippen LogP contribution in [0.5, 0.6) is 11.5 Å².